The van der Waals surface area contributed by atoms with Crippen LogP contribution in [0.3, 0.4) is 0 Å². The van der Waals surface area contributed by atoms with Gasteiger partial charge >= 0.3 is 0 Å². The van der Waals surface area contributed by atoms with E-state index in [4.69, 9.17) is 4.74 Å². The number of carbonyl (C=O) groups is 1. The average Bonchev–Trinajstić information content (AvgIpc) is 2.48. The summed E-state index contributed by atoms with van der Waals surface area (Å²) in [6.45, 7) is 4.01. The van der Waals surface area contributed by atoms with Crippen molar-refractivity contribution in [1.82, 2.24) is 0 Å². The van der Waals surface area contributed by atoms with Crippen LogP contribution >= 0.6 is 0 Å². The van der Waals surface area contributed by atoms with Gasteiger partial charge in [-0.2, -0.15) is 0 Å². The molecule has 0 aliphatic rings. The molecule has 2 rings (SSSR count). The minimum atomic E-state index is -0.0721. The highest BCUT2D eigenvalue weighted by Gasteiger charge is 2.12. The summed E-state index contributed by atoms with van der Waals surface area (Å²) in [5.41, 5.74) is 3.02. The number of para-hydroxylation sites is 1. The lowest BCUT2D eigenvalue weighted by Crippen LogP contribution is -2.31. The van der Waals surface area contributed by atoms with Gasteiger partial charge in [-0.05, 0) is 43.2 Å². The number of amides is 1. The number of likely N-dealkylation sites (N-methyl/N-ethyl adjacent to an activating group) is 1. The molecule has 0 fully saturated rings. The maximum absolute atomic E-state index is 12.1. The molecular weight excluding hydrogens is 250 g/mol. The second-order valence-electron chi connectivity index (χ2n) is 4.85. The zero-order chi connectivity index (χ0) is 14.5. The van der Waals surface area contributed by atoms with Crippen molar-refractivity contribution in [3.63, 3.8) is 0 Å². The zero-order valence-electron chi connectivity index (χ0n) is 12.1. The quantitative estimate of drug-likeness (QED) is 0.852. The molecule has 0 aromatic heterocycles. The third-order valence-corrected chi connectivity index (χ3v) is 3.21. The molecular formula is C17H19NO2. The van der Waals surface area contributed by atoms with Gasteiger partial charge in [0, 0.05) is 12.7 Å². The van der Waals surface area contributed by atoms with E-state index in [0.717, 1.165) is 22.6 Å². The SMILES string of the molecule is Cc1ccc(C)c(OCC(=O)N(C)c2ccccc2)c1. The Morgan fingerprint density at radius 3 is 2.50 bits per heavy atom. The Balaban J connectivity index is 2.00. The fourth-order valence-corrected chi connectivity index (χ4v) is 1.89. The molecule has 0 N–H and O–H groups in total. The van der Waals surface area contributed by atoms with Crippen molar-refractivity contribution in [2.45, 2.75) is 13.8 Å². The Kier molecular flexibility index (Phi) is 4.41. The van der Waals surface area contributed by atoms with Crippen molar-refractivity contribution < 1.29 is 9.53 Å². The van der Waals surface area contributed by atoms with Crippen molar-refractivity contribution in [3.05, 3.63) is 59.7 Å². The zero-order valence-corrected chi connectivity index (χ0v) is 12.1. The van der Waals surface area contributed by atoms with Crippen LogP contribution in [0.25, 0.3) is 0 Å². The summed E-state index contributed by atoms with van der Waals surface area (Å²) in [4.78, 5) is 13.7. The number of aryl methyl sites for hydroxylation is 2. The highest BCUT2D eigenvalue weighted by atomic mass is 16.5. The van der Waals surface area contributed by atoms with E-state index in [1.165, 1.54) is 0 Å². The lowest BCUT2D eigenvalue weighted by atomic mass is 10.1. The van der Waals surface area contributed by atoms with Crippen LogP contribution in [0.2, 0.25) is 0 Å². The molecule has 0 saturated heterocycles. The molecule has 0 spiro atoms. The van der Waals surface area contributed by atoms with Crippen molar-refractivity contribution >= 4 is 11.6 Å². The number of anilines is 1. The number of hydrogen-bond acceptors (Lipinski definition) is 2. The minimum Gasteiger partial charge on any atom is -0.483 e. The van der Waals surface area contributed by atoms with Crippen molar-refractivity contribution in [3.8, 4) is 5.75 Å². The predicted octanol–water partition coefficient (Wildman–Crippen LogP) is 3.35. The standard InChI is InChI=1S/C17H19NO2/c1-13-9-10-14(2)16(11-13)20-12-17(19)18(3)15-7-5-4-6-8-15/h4-11H,12H2,1-3H3. The van der Waals surface area contributed by atoms with Gasteiger partial charge in [0.15, 0.2) is 6.61 Å². The maximum atomic E-state index is 12.1. The fourth-order valence-electron chi connectivity index (χ4n) is 1.89. The van der Waals surface area contributed by atoms with Gasteiger partial charge < -0.3 is 9.64 Å². The smallest absolute Gasteiger partial charge is 0.264 e. The molecule has 0 aliphatic carbocycles. The molecule has 2 aromatic rings. The Bertz CT molecular complexity index is 593. The number of hydrogen-bond donors (Lipinski definition) is 0. The summed E-state index contributed by atoms with van der Waals surface area (Å²) >= 11 is 0. The van der Waals surface area contributed by atoms with Gasteiger partial charge in [-0.15, -0.1) is 0 Å². The van der Waals surface area contributed by atoms with E-state index in [-0.39, 0.29) is 12.5 Å². The van der Waals surface area contributed by atoms with Crippen LogP contribution in [-0.2, 0) is 4.79 Å². The first-order valence-electron chi connectivity index (χ1n) is 6.59. The molecule has 0 aliphatic heterocycles. The Morgan fingerprint density at radius 2 is 1.80 bits per heavy atom. The average molecular weight is 269 g/mol. The van der Waals surface area contributed by atoms with Gasteiger partial charge in [0.05, 0.1) is 0 Å². The third kappa shape index (κ3) is 3.38. The molecule has 104 valence electrons. The molecule has 0 atom stereocenters. The van der Waals surface area contributed by atoms with Gasteiger partial charge in [0.25, 0.3) is 5.91 Å². The molecule has 1 amide bonds. The molecule has 3 nitrogen and oxygen atoms in total. The molecule has 0 bridgehead atoms. The molecule has 0 saturated carbocycles. The number of rotatable bonds is 4. The summed E-state index contributed by atoms with van der Waals surface area (Å²) in [6.07, 6.45) is 0. The summed E-state index contributed by atoms with van der Waals surface area (Å²) in [7, 11) is 1.75. The van der Waals surface area contributed by atoms with Crippen LogP contribution < -0.4 is 9.64 Å². The van der Waals surface area contributed by atoms with Crippen LogP contribution in [0.1, 0.15) is 11.1 Å². The molecule has 3 heteroatoms. The van der Waals surface area contributed by atoms with E-state index in [9.17, 15) is 4.79 Å². The maximum Gasteiger partial charge on any atom is 0.264 e. The lowest BCUT2D eigenvalue weighted by Gasteiger charge is -2.18. The third-order valence-electron chi connectivity index (χ3n) is 3.21. The Morgan fingerprint density at radius 1 is 1.10 bits per heavy atom. The Labute approximate surface area is 119 Å². The second kappa shape index (κ2) is 6.24. The lowest BCUT2D eigenvalue weighted by molar-refractivity contribution is -0.120. The van der Waals surface area contributed by atoms with E-state index in [2.05, 4.69) is 0 Å². The second-order valence-corrected chi connectivity index (χ2v) is 4.85. The van der Waals surface area contributed by atoms with E-state index in [1.807, 2.05) is 62.4 Å². The minimum absolute atomic E-state index is 0.0374. The van der Waals surface area contributed by atoms with Gasteiger partial charge in [-0.3, -0.25) is 4.79 Å². The first-order valence-corrected chi connectivity index (χ1v) is 6.59. The number of nitrogens with zero attached hydrogens (tertiary/aromatic N) is 1. The van der Waals surface area contributed by atoms with Crippen LogP contribution in [-0.4, -0.2) is 19.6 Å². The van der Waals surface area contributed by atoms with E-state index in [1.54, 1.807) is 11.9 Å². The molecule has 2 aromatic carbocycles. The molecule has 0 unspecified atom stereocenters. The molecule has 0 radical (unpaired) electrons. The summed E-state index contributed by atoms with van der Waals surface area (Å²) < 4.78 is 5.63. The van der Waals surface area contributed by atoms with Crippen LogP contribution in [0.5, 0.6) is 5.75 Å². The van der Waals surface area contributed by atoms with Gasteiger partial charge in [0.2, 0.25) is 0 Å². The van der Waals surface area contributed by atoms with E-state index in [0.29, 0.717) is 0 Å². The fraction of sp³-hybridized carbons (Fsp3) is 0.235. The highest BCUT2D eigenvalue weighted by molar-refractivity contribution is 5.93. The summed E-state index contributed by atoms with van der Waals surface area (Å²) in [5.74, 6) is 0.692. The number of ether oxygens (including phenoxy) is 1. The highest BCUT2D eigenvalue weighted by Crippen LogP contribution is 2.19. The van der Waals surface area contributed by atoms with Crippen molar-refractivity contribution in [2.75, 3.05) is 18.6 Å². The van der Waals surface area contributed by atoms with Crippen LogP contribution in [0.15, 0.2) is 48.5 Å². The monoisotopic (exact) mass is 269 g/mol. The van der Waals surface area contributed by atoms with Gasteiger partial charge in [-0.1, -0.05) is 30.3 Å². The molecule has 0 heterocycles. The van der Waals surface area contributed by atoms with E-state index < -0.39 is 0 Å². The predicted molar refractivity (Wildman–Crippen MR) is 81.3 cm³/mol. The van der Waals surface area contributed by atoms with E-state index >= 15 is 0 Å². The molecule has 20 heavy (non-hydrogen) atoms. The number of benzene rings is 2. The summed E-state index contributed by atoms with van der Waals surface area (Å²) in [6, 6.07) is 15.5. The summed E-state index contributed by atoms with van der Waals surface area (Å²) in [5, 5.41) is 0. The largest absolute Gasteiger partial charge is 0.483 e. The normalized spacial score (nSPS) is 10.2. The van der Waals surface area contributed by atoms with Crippen molar-refractivity contribution in [1.29, 1.82) is 0 Å². The van der Waals surface area contributed by atoms with Gasteiger partial charge in [-0.25, -0.2) is 0 Å². The Hall–Kier alpha value is -2.29. The van der Waals surface area contributed by atoms with Crippen LogP contribution in [0.4, 0.5) is 5.69 Å². The first kappa shape index (κ1) is 14.1. The van der Waals surface area contributed by atoms with Crippen molar-refractivity contribution in [2.24, 2.45) is 0 Å². The first-order chi connectivity index (χ1) is 9.58. The van der Waals surface area contributed by atoms with Gasteiger partial charge in [0.1, 0.15) is 5.75 Å². The topological polar surface area (TPSA) is 29.5 Å². The van der Waals surface area contributed by atoms with Crippen LogP contribution in [0, 0.1) is 13.8 Å². The number of carbonyl (C=O) groups excluding carboxylic acids is 1.